The number of rotatable bonds is 8. The first-order chi connectivity index (χ1) is 10.2. The lowest BCUT2D eigenvalue weighted by Crippen LogP contribution is -2.40. The molecule has 0 fully saturated rings. The highest BCUT2D eigenvalue weighted by Gasteiger charge is 2.24. The average Bonchev–Trinajstić information content (AvgIpc) is 2.98. The molecule has 0 amide bonds. The third kappa shape index (κ3) is 3.69. The Morgan fingerprint density at radius 1 is 1.24 bits per heavy atom. The van der Waals surface area contributed by atoms with Gasteiger partial charge in [0.15, 0.2) is 11.5 Å². The molecule has 2 rings (SSSR count). The number of ether oxygens (including phenoxy) is 2. The van der Waals surface area contributed by atoms with E-state index in [9.17, 15) is 0 Å². The van der Waals surface area contributed by atoms with Crippen molar-refractivity contribution in [3.8, 4) is 11.5 Å². The van der Waals surface area contributed by atoms with Crippen LogP contribution >= 0.6 is 0 Å². The van der Waals surface area contributed by atoms with Crippen molar-refractivity contribution in [2.24, 2.45) is 5.73 Å². The number of nitrogens with zero attached hydrogens (tertiary/aromatic N) is 1. The summed E-state index contributed by atoms with van der Waals surface area (Å²) in [6, 6.07) is 6.96. The second-order valence-corrected chi connectivity index (χ2v) is 5.71. The maximum Gasteiger partial charge on any atom is 0.231 e. The van der Waals surface area contributed by atoms with E-state index in [1.54, 1.807) is 0 Å². The molecular weight excluding hydrogens is 264 g/mol. The number of fused-ring (bicyclic) bond motifs is 1. The molecule has 1 aliphatic heterocycles. The minimum atomic E-state index is 0.237. The van der Waals surface area contributed by atoms with Crippen LogP contribution in [0.3, 0.4) is 0 Å². The van der Waals surface area contributed by atoms with E-state index in [2.05, 4.69) is 37.8 Å². The third-order valence-corrected chi connectivity index (χ3v) is 4.33. The van der Waals surface area contributed by atoms with E-state index in [-0.39, 0.29) is 6.04 Å². The van der Waals surface area contributed by atoms with Gasteiger partial charge in [0, 0.05) is 18.6 Å². The van der Waals surface area contributed by atoms with Crippen molar-refractivity contribution in [2.75, 3.05) is 19.9 Å². The maximum atomic E-state index is 6.10. The Morgan fingerprint density at radius 2 is 2.00 bits per heavy atom. The van der Waals surface area contributed by atoms with E-state index in [0.29, 0.717) is 19.4 Å². The van der Waals surface area contributed by atoms with Crippen LogP contribution < -0.4 is 15.2 Å². The van der Waals surface area contributed by atoms with Crippen molar-refractivity contribution in [3.05, 3.63) is 23.8 Å². The Bertz CT molecular complexity index is 450. The lowest BCUT2D eigenvalue weighted by molar-refractivity contribution is 0.140. The van der Waals surface area contributed by atoms with Gasteiger partial charge in [-0.2, -0.15) is 0 Å². The SMILES string of the molecule is CCCCN(C(C)CC)C(CN)c1ccc2c(c1)OCO2. The van der Waals surface area contributed by atoms with Crippen LogP contribution in [-0.2, 0) is 0 Å². The fraction of sp³-hybridized carbons (Fsp3) is 0.647. The Hall–Kier alpha value is -1.26. The third-order valence-electron chi connectivity index (χ3n) is 4.33. The van der Waals surface area contributed by atoms with E-state index >= 15 is 0 Å². The second kappa shape index (κ2) is 7.66. The number of unbranched alkanes of at least 4 members (excludes halogenated alkanes) is 1. The van der Waals surface area contributed by atoms with Gasteiger partial charge in [-0.25, -0.2) is 0 Å². The van der Waals surface area contributed by atoms with Gasteiger partial charge in [-0.3, -0.25) is 4.90 Å². The van der Waals surface area contributed by atoms with Crippen LogP contribution in [-0.4, -0.2) is 30.8 Å². The van der Waals surface area contributed by atoms with Crippen molar-refractivity contribution in [2.45, 2.75) is 52.1 Å². The summed E-state index contributed by atoms with van der Waals surface area (Å²) < 4.78 is 10.9. The summed E-state index contributed by atoms with van der Waals surface area (Å²) in [5.41, 5.74) is 7.32. The van der Waals surface area contributed by atoms with Crippen molar-refractivity contribution < 1.29 is 9.47 Å². The number of hydrogen-bond acceptors (Lipinski definition) is 4. The Labute approximate surface area is 128 Å². The summed E-state index contributed by atoms with van der Waals surface area (Å²) in [6.07, 6.45) is 3.53. The molecule has 1 aliphatic rings. The summed E-state index contributed by atoms with van der Waals surface area (Å²) in [5, 5.41) is 0. The van der Waals surface area contributed by atoms with Crippen LogP contribution in [0.5, 0.6) is 11.5 Å². The highest BCUT2D eigenvalue weighted by atomic mass is 16.7. The average molecular weight is 292 g/mol. The van der Waals surface area contributed by atoms with Crippen molar-refractivity contribution in [3.63, 3.8) is 0 Å². The summed E-state index contributed by atoms with van der Waals surface area (Å²) in [5.74, 6) is 1.67. The lowest BCUT2D eigenvalue weighted by atomic mass is 10.0. The van der Waals surface area contributed by atoms with E-state index in [0.717, 1.165) is 24.5 Å². The van der Waals surface area contributed by atoms with Crippen molar-refractivity contribution >= 4 is 0 Å². The summed E-state index contributed by atoms with van der Waals surface area (Å²) >= 11 is 0. The quantitative estimate of drug-likeness (QED) is 0.798. The van der Waals surface area contributed by atoms with E-state index < -0.39 is 0 Å². The fourth-order valence-corrected chi connectivity index (χ4v) is 2.84. The van der Waals surface area contributed by atoms with Gasteiger partial charge in [0.25, 0.3) is 0 Å². The standard InChI is InChI=1S/C17H28N2O2/c1-4-6-9-19(13(3)5-2)15(11-18)14-7-8-16-17(10-14)21-12-20-16/h7-8,10,13,15H,4-6,9,11-12,18H2,1-3H3. The van der Waals surface area contributed by atoms with Crippen LogP contribution in [0.1, 0.15) is 51.6 Å². The molecule has 0 saturated carbocycles. The minimum Gasteiger partial charge on any atom is -0.454 e. The molecule has 1 heterocycles. The van der Waals surface area contributed by atoms with Crippen molar-refractivity contribution in [1.29, 1.82) is 0 Å². The molecule has 0 bridgehead atoms. The smallest absolute Gasteiger partial charge is 0.231 e. The molecular formula is C17H28N2O2. The van der Waals surface area contributed by atoms with Crippen LogP contribution in [0.4, 0.5) is 0 Å². The van der Waals surface area contributed by atoms with E-state index in [4.69, 9.17) is 15.2 Å². The molecule has 118 valence electrons. The molecule has 2 atom stereocenters. The van der Waals surface area contributed by atoms with Crippen LogP contribution in [0.2, 0.25) is 0 Å². The Morgan fingerprint density at radius 3 is 2.67 bits per heavy atom. The fourth-order valence-electron chi connectivity index (χ4n) is 2.84. The highest BCUT2D eigenvalue weighted by molar-refractivity contribution is 5.45. The number of benzene rings is 1. The Kier molecular flexibility index (Phi) is 5.88. The molecule has 1 aromatic rings. The predicted octanol–water partition coefficient (Wildman–Crippen LogP) is 3.32. The highest BCUT2D eigenvalue weighted by Crippen LogP contribution is 2.35. The van der Waals surface area contributed by atoms with Gasteiger partial charge in [0.2, 0.25) is 6.79 Å². The molecule has 1 aromatic carbocycles. The molecule has 0 spiro atoms. The molecule has 2 unspecified atom stereocenters. The molecule has 4 heteroatoms. The van der Waals surface area contributed by atoms with Gasteiger partial charge in [0.05, 0.1) is 0 Å². The number of hydrogen-bond donors (Lipinski definition) is 1. The largest absolute Gasteiger partial charge is 0.454 e. The van der Waals surface area contributed by atoms with Gasteiger partial charge in [-0.05, 0) is 44.0 Å². The Balaban J connectivity index is 2.22. The van der Waals surface area contributed by atoms with Crippen LogP contribution in [0.25, 0.3) is 0 Å². The zero-order chi connectivity index (χ0) is 15.2. The second-order valence-electron chi connectivity index (χ2n) is 5.71. The molecule has 4 nitrogen and oxygen atoms in total. The van der Waals surface area contributed by atoms with Crippen LogP contribution in [0.15, 0.2) is 18.2 Å². The van der Waals surface area contributed by atoms with Gasteiger partial charge in [-0.1, -0.05) is 26.3 Å². The molecule has 0 aromatic heterocycles. The van der Waals surface area contributed by atoms with Gasteiger partial charge < -0.3 is 15.2 Å². The molecule has 0 saturated heterocycles. The van der Waals surface area contributed by atoms with E-state index in [1.807, 2.05) is 6.07 Å². The van der Waals surface area contributed by atoms with Crippen LogP contribution in [0, 0.1) is 0 Å². The van der Waals surface area contributed by atoms with Gasteiger partial charge >= 0.3 is 0 Å². The summed E-state index contributed by atoms with van der Waals surface area (Å²) in [4.78, 5) is 2.53. The number of nitrogens with two attached hydrogens (primary N) is 1. The molecule has 0 aliphatic carbocycles. The normalized spacial score (nSPS) is 16.2. The van der Waals surface area contributed by atoms with Crippen molar-refractivity contribution in [1.82, 2.24) is 4.90 Å². The summed E-state index contributed by atoms with van der Waals surface area (Å²) in [6.45, 7) is 8.77. The summed E-state index contributed by atoms with van der Waals surface area (Å²) in [7, 11) is 0. The van der Waals surface area contributed by atoms with E-state index in [1.165, 1.54) is 18.4 Å². The van der Waals surface area contributed by atoms with Gasteiger partial charge in [0.1, 0.15) is 0 Å². The molecule has 2 N–H and O–H groups in total. The predicted molar refractivity (Wildman–Crippen MR) is 85.7 cm³/mol. The molecule has 21 heavy (non-hydrogen) atoms. The maximum absolute atomic E-state index is 6.10. The topological polar surface area (TPSA) is 47.7 Å². The minimum absolute atomic E-state index is 0.237. The monoisotopic (exact) mass is 292 g/mol. The molecule has 0 radical (unpaired) electrons. The zero-order valence-corrected chi connectivity index (χ0v) is 13.5. The zero-order valence-electron chi connectivity index (χ0n) is 13.5. The van der Waals surface area contributed by atoms with Gasteiger partial charge in [-0.15, -0.1) is 0 Å². The first-order valence-corrected chi connectivity index (χ1v) is 8.06. The lowest BCUT2D eigenvalue weighted by Gasteiger charge is -2.36. The first kappa shape index (κ1) is 16.1. The first-order valence-electron chi connectivity index (χ1n) is 8.06.